The van der Waals surface area contributed by atoms with E-state index in [1.165, 1.54) is 14.2 Å². The van der Waals surface area contributed by atoms with Gasteiger partial charge in [0.2, 0.25) is 15.9 Å². The molecule has 0 saturated heterocycles. The number of nitrogens with one attached hydrogen (secondary N) is 1. The number of anilines is 1. The molecule has 2 aromatic rings. The number of amides is 1. The first kappa shape index (κ1) is 19.7. The number of rotatable bonds is 8. The van der Waals surface area contributed by atoms with E-state index in [-0.39, 0.29) is 13.1 Å². The Kier molecular flexibility index (Phi) is 6.53. The Morgan fingerprint density at radius 2 is 2.00 bits per heavy atom. The molecule has 1 heterocycles. The smallest absolute Gasteiger partial charge is 0.239 e. The second-order valence-corrected chi connectivity index (χ2v) is 7.49. The van der Waals surface area contributed by atoms with E-state index in [4.69, 9.17) is 9.47 Å². The molecule has 140 valence electrons. The highest BCUT2D eigenvalue weighted by Gasteiger charge is 2.21. The van der Waals surface area contributed by atoms with Gasteiger partial charge in [-0.15, -0.1) is 0 Å². The molecule has 0 aliphatic carbocycles. The van der Waals surface area contributed by atoms with Crippen molar-refractivity contribution in [3.05, 3.63) is 48.3 Å². The summed E-state index contributed by atoms with van der Waals surface area (Å²) in [7, 11) is -0.592. The lowest BCUT2D eigenvalue weighted by molar-refractivity contribution is -0.116. The highest BCUT2D eigenvalue weighted by Crippen LogP contribution is 2.29. The van der Waals surface area contributed by atoms with Gasteiger partial charge in [0.25, 0.3) is 0 Å². The molecule has 0 atom stereocenters. The molecule has 0 aliphatic heterocycles. The Morgan fingerprint density at radius 1 is 1.23 bits per heavy atom. The minimum Gasteiger partial charge on any atom is -0.497 e. The zero-order valence-corrected chi connectivity index (χ0v) is 15.6. The van der Waals surface area contributed by atoms with Gasteiger partial charge in [0, 0.05) is 25.0 Å². The summed E-state index contributed by atoms with van der Waals surface area (Å²) in [6.45, 7) is -0.275. The van der Waals surface area contributed by atoms with Crippen LogP contribution in [0.2, 0.25) is 0 Å². The summed E-state index contributed by atoms with van der Waals surface area (Å²) >= 11 is 0. The number of hydrogen-bond acceptors (Lipinski definition) is 6. The maximum atomic E-state index is 12.4. The van der Waals surface area contributed by atoms with Gasteiger partial charge in [-0.1, -0.05) is 6.07 Å². The van der Waals surface area contributed by atoms with Gasteiger partial charge in [-0.3, -0.25) is 9.78 Å². The summed E-state index contributed by atoms with van der Waals surface area (Å²) in [5, 5.41) is 2.66. The number of carbonyl (C=O) groups is 1. The SMILES string of the molecule is COc1ccc(NC(=O)CN(Cc2cccnc2)S(C)(=O)=O)c(OC)c1. The number of sulfonamides is 1. The van der Waals surface area contributed by atoms with Crippen LogP contribution >= 0.6 is 0 Å². The molecule has 0 spiro atoms. The second kappa shape index (κ2) is 8.63. The van der Waals surface area contributed by atoms with Crippen molar-refractivity contribution < 1.29 is 22.7 Å². The fourth-order valence-corrected chi connectivity index (χ4v) is 2.97. The molecule has 1 aromatic carbocycles. The molecule has 0 radical (unpaired) electrons. The number of aromatic nitrogens is 1. The van der Waals surface area contributed by atoms with Crippen LogP contribution in [0.4, 0.5) is 5.69 Å². The lowest BCUT2D eigenvalue weighted by atomic mass is 10.2. The third-order valence-electron chi connectivity index (χ3n) is 3.55. The van der Waals surface area contributed by atoms with Crippen LogP contribution in [0.15, 0.2) is 42.7 Å². The predicted molar refractivity (Wildman–Crippen MR) is 97.7 cm³/mol. The molecule has 26 heavy (non-hydrogen) atoms. The van der Waals surface area contributed by atoms with Crippen molar-refractivity contribution in [3.63, 3.8) is 0 Å². The van der Waals surface area contributed by atoms with Gasteiger partial charge in [0.05, 0.1) is 32.7 Å². The lowest BCUT2D eigenvalue weighted by Gasteiger charge is -2.20. The minimum absolute atomic E-state index is 0.0554. The summed E-state index contributed by atoms with van der Waals surface area (Å²) in [6.07, 6.45) is 4.21. The van der Waals surface area contributed by atoms with E-state index in [1.807, 2.05) is 0 Å². The van der Waals surface area contributed by atoms with Gasteiger partial charge < -0.3 is 14.8 Å². The number of pyridine rings is 1. The molecular formula is C17H21N3O5S. The fourth-order valence-electron chi connectivity index (χ4n) is 2.24. The van der Waals surface area contributed by atoms with Crippen LogP contribution in [0.25, 0.3) is 0 Å². The van der Waals surface area contributed by atoms with Crippen LogP contribution in [0.1, 0.15) is 5.56 Å². The van der Waals surface area contributed by atoms with Crippen LogP contribution in [0.3, 0.4) is 0 Å². The molecule has 1 amide bonds. The maximum absolute atomic E-state index is 12.4. The maximum Gasteiger partial charge on any atom is 0.239 e. The van der Waals surface area contributed by atoms with Gasteiger partial charge >= 0.3 is 0 Å². The Balaban J connectivity index is 2.13. The average molecular weight is 379 g/mol. The van der Waals surface area contributed by atoms with Crippen molar-refractivity contribution in [3.8, 4) is 11.5 Å². The van der Waals surface area contributed by atoms with Crippen LogP contribution in [-0.2, 0) is 21.4 Å². The predicted octanol–water partition coefficient (Wildman–Crippen LogP) is 1.50. The summed E-state index contributed by atoms with van der Waals surface area (Å²) in [4.78, 5) is 16.3. The summed E-state index contributed by atoms with van der Waals surface area (Å²) in [6, 6.07) is 8.37. The number of nitrogens with zero attached hydrogens (tertiary/aromatic N) is 2. The standard InChI is InChI=1S/C17H21N3O5S/c1-24-14-6-7-15(16(9-14)25-2)19-17(21)12-20(26(3,22)23)11-13-5-4-8-18-10-13/h4-10H,11-12H2,1-3H3,(H,19,21). The van der Waals surface area contributed by atoms with E-state index < -0.39 is 15.9 Å². The van der Waals surface area contributed by atoms with E-state index in [2.05, 4.69) is 10.3 Å². The number of carbonyl (C=O) groups excluding carboxylic acids is 1. The molecule has 0 bridgehead atoms. The third-order valence-corrected chi connectivity index (χ3v) is 4.75. The van der Waals surface area contributed by atoms with Gasteiger partial charge in [-0.05, 0) is 23.8 Å². The Hall–Kier alpha value is -2.65. The lowest BCUT2D eigenvalue weighted by Crippen LogP contribution is -2.37. The number of benzene rings is 1. The molecule has 0 saturated carbocycles. The molecular weight excluding hydrogens is 358 g/mol. The molecule has 0 fully saturated rings. The highest BCUT2D eigenvalue weighted by molar-refractivity contribution is 7.88. The Morgan fingerprint density at radius 3 is 2.58 bits per heavy atom. The monoisotopic (exact) mass is 379 g/mol. The van der Waals surface area contributed by atoms with E-state index >= 15 is 0 Å². The largest absolute Gasteiger partial charge is 0.497 e. The third kappa shape index (κ3) is 5.43. The fraction of sp³-hybridized carbons (Fsp3) is 0.294. The first-order chi connectivity index (χ1) is 12.3. The normalized spacial score (nSPS) is 11.2. The average Bonchev–Trinajstić information content (AvgIpc) is 2.61. The van der Waals surface area contributed by atoms with Crippen molar-refractivity contribution in [2.24, 2.45) is 0 Å². The van der Waals surface area contributed by atoms with Gasteiger partial charge in [-0.2, -0.15) is 4.31 Å². The van der Waals surface area contributed by atoms with Crippen LogP contribution < -0.4 is 14.8 Å². The van der Waals surface area contributed by atoms with Crippen LogP contribution in [0, 0.1) is 0 Å². The van der Waals surface area contributed by atoms with Crippen LogP contribution in [-0.4, -0.2) is 50.6 Å². The highest BCUT2D eigenvalue weighted by atomic mass is 32.2. The van der Waals surface area contributed by atoms with Crippen molar-refractivity contribution >= 4 is 21.6 Å². The van der Waals surface area contributed by atoms with Crippen LogP contribution in [0.5, 0.6) is 11.5 Å². The second-order valence-electron chi connectivity index (χ2n) is 5.51. The Labute approximate surface area is 152 Å². The summed E-state index contributed by atoms with van der Waals surface area (Å²) < 4.78 is 35.4. The minimum atomic E-state index is -3.58. The summed E-state index contributed by atoms with van der Waals surface area (Å²) in [5.41, 5.74) is 1.11. The molecule has 0 aliphatic rings. The van der Waals surface area contributed by atoms with Crippen molar-refractivity contribution in [2.45, 2.75) is 6.54 Å². The number of methoxy groups -OCH3 is 2. The van der Waals surface area contributed by atoms with E-state index in [9.17, 15) is 13.2 Å². The zero-order chi connectivity index (χ0) is 19.2. The van der Waals surface area contributed by atoms with E-state index in [1.54, 1.807) is 42.7 Å². The number of ether oxygens (including phenoxy) is 2. The molecule has 8 nitrogen and oxygen atoms in total. The molecule has 9 heteroatoms. The van der Waals surface area contributed by atoms with Crippen molar-refractivity contribution in [1.29, 1.82) is 0 Å². The number of hydrogen-bond donors (Lipinski definition) is 1. The summed E-state index contributed by atoms with van der Waals surface area (Å²) in [5.74, 6) is 0.507. The first-order valence-electron chi connectivity index (χ1n) is 7.69. The Bertz CT molecular complexity index is 856. The molecule has 1 aromatic heterocycles. The van der Waals surface area contributed by atoms with Gasteiger partial charge in [-0.25, -0.2) is 8.42 Å². The van der Waals surface area contributed by atoms with E-state index in [0.717, 1.165) is 10.6 Å². The molecule has 1 N–H and O–H groups in total. The molecule has 2 rings (SSSR count). The van der Waals surface area contributed by atoms with E-state index in [0.29, 0.717) is 22.7 Å². The quantitative estimate of drug-likeness (QED) is 0.746. The first-order valence-corrected chi connectivity index (χ1v) is 9.54. The van der Waals surface area contributed by atoms with Crippen molar-refractivity contribution in [1.82, 2.24) is 9.29 Å². The van der Waals surface area contributed by atoms with Crippen molar-refractivity contribution in [2.75, 3.05) is 32.3 Å². The molecule has 0 unspecified atom stereocenters. The van der Waals surface area contributed by atoms with Gasteiger partial charge in [0.15, 0.2) is 0 Å². The zero-order valence-electron chi connectivity index (χ0n) is 14.8. The van der Waals surface area contributed by atoms with Gasteiger partial charge in [0.1, 0.15) is 11.5 Å². The topological polar surface area (TPSA) is 97.8 Å².